The fraction of sp³-hybridized carbons (Fsp3) is 0.0909. The van der Waals surface area contributed by atoms with E-state index < -0.39 is 12.5 Å². The van der Waals surface area contributed by atoms with E-state index in [2.05, 4.69) is 10.6 Å². The summed E-state index contributed by atoms with van der Waals surface area (Å²) in [5.41, 5.74) is 2.54. The molecule has 0 atom stereocenters. The second-order valence-electron chi connectivity index (χ2n) is 6.10. The van der Waals surface area contributed by atoms with Gasteiger partial charge in [0, 0.05) is 11.3 Å². The average Bonchev–Trinajstić information content (AvgIpc) is 2.74. The van der Waals surface area contributed by atoms with Crippen LogP contribution in [0, 0.1) is 0 Å². The number of carbonyl (C=O) groups is 2. The van der Waals surface area contributed by atoms with Crippen LogP contribution < -0.4 is 15.4 Å². The number of nitrogens with one attached hydrogen (secondary N) is 2. The number of ketones is 1. The molecule has 0 saturated heterocycles. The van der Waals surface area contributed by atoms with Crippen molar-refractivity contribution in [2.24, 2.45) is 0 Å². The van der Waals surface area contributed by atoms with Gasteiger partial charge in [-0.2, -0.15) is 0 Å². The van der Waals surface area contributed by atoms with Crippen LogP contribution in [0.4, 0.5) is 17.1 Å². The maximum Gasteiger partial charge on any atom is 0.250 e. The summed E-state index contributed by atoms with van der Waals surface area (Å²) in [4.78, 5) is 24.4. The molecule has 0 heterocycles. The summed E-state index contributed by atoms with van der Waals surface area (Å²) in [5, 5.41) is 15.0. The van der Waals surface area contributed by atoms with Gasteiger partial charge in [0.2, 0.25) is 5.91 Å². The van der Waals surface area contributed by atoms with Crippen LogP contribution in [0.5, 0.6) is 5.75 Å². The molecule has 0 aliphatic rings. The van der Waals surface area contributed by atoms with Crippen LogP contribution >= 0.6 is 11.6 Å². The number of ether oxygens (including phenoxy) is 1. The van der Waals surface area contributed by atoms with E-state index in [1.54, 1.807) is 66.7 Å². The first kappa shape index (κ1) is 20.4. The van der Waals surface area contributed by atoms with Crippen LogP contribution in [0.1, 0.15) is 15.9 Å². The van der Waals surface area contributed by atoms with E-state index in [1.807, 2.05) is 0 Å². The van der Waals surface area contributed by atoms with E-state index in [4.69, 9.17) is 21.4 Å². The number of amides is 1. The maximum absolute atomic E-state index is 12.9. The Morgan fingerprint density at radius 1 is 0.966 bits per heavy atom. The third-order valence-corrected chi connectivity index (χ3v) is 4.50. The predicted molar refractivity (Wildman–Crippen MR) is 113 cm³/mol. The Labute approximate surface area is 173 Å². The van der Waals surface area contributed by atoms with Gasteiger partial charge in [-0.3, -0.25) is 9.59 Å². The zero-order valence-corrected chi connectivity index (χ0v) is 16.4. The molecular formula is C22H19ClN2O4. The fourth-order valence-electron chi connectivity index (χ4n) is 2.80. The highest BCUT2D eigenvalue weighted by Gasteiger charge is 2.17. The van der Waals surface area contributed by atoms with E-state index in [0.29, 0.717) is 33.9 Å². The Morgan fingerprint density at radius 2 is 1.66 bits per heavy atom. The number of benzene rings is 3. The van der Waals surface area contributed by atoms with Crippen LogP contribution in [0.15, 0.2) is 66.7 Å². The van der Waals surface area contributed by atoms with Gasteiger partial charge >= 0.3 is 0 Å². The van der Waals surface area contributed by atoms with Gasteiger partial charge in [0.1, 0.15) is 12.4 Å². The lowest BCUT2D eigenvalue weighted by atomic mass is 10.0. The molecule has 3 rings (SSSR count). The molecule has 3 aromatic carbocycles. The Hall–Kier alpha value is -3.35. The van der Waals surface area contributed by atoms with Crippen molar-refractivity contribution in [3.8, 4) is 5.75 Å². The molecule has 0 saturated carbocycles. The number of hydrogen-bond acceptors (Lipinski definition) is 5. The van der Waals surface area contributed by atoms with E-state index in [9.17, 15) is 9.59 Å². The number of anilines is 3. The van der Waals surface area contributed by atoms with Crippen molar-refractivity contribution >= 4 is 40.4 Å². The molecule has 0 unspecified atom stereocenters. The summed E-state index contributed by atoms with van der Waals surface area (Å²) in [7, 11) is 1.51. The van der Waals surface area contributed by atoms with Gasteiger partial charge in [-0.15, -0.1) is 0 Å². The molecule has 7 heteroatoms. The van der Waals surface area contributed by atoms with E-state index in [0.717, 1.165) is 0 Å². The quantitative estimate of drug-likeness (QED) is 0.507. The van der Waals surface area contributed by atoms with Crippen LogP contribution in [0.25, 0.3) is 0 Å². The molecule has 3 aromatic rings. The minimum Gasteiger partial charge on any atom is -0.496 e. The molecule has 0 spiro atoms. The molecule has 0 aliphatic carbocycles. The van der Waals surface area contributed by atoms with Crippen molar-refractivity contribution in [1.82, 2.24) is 0 Å². The average molecular weight is 411 g/mol. The number of hydrogen-bond donors (Lipinski definition) is 3. The summed E-state index contributed by atoms with van der Waals surface area (Å²) in [6.07, 6.45) is 0. The van der Waals surface area contributed by atoms with Crippen LogP contribution in [-0.4, -0.2) is 30.5 Å². The van der Waals surface area contributed by atoms with Crippen molar-refractivity contribution in [1.29, 1.82) is 0 Å². The van der Waals surface area contributed by atoms with Gasteiger partial charge in [-0.05, 0) is 42.5 Å². The fourth-order valence-corrected chi connectivity index (χ4v) is 3.07. The summed E-state index contributed by atoms with van der Waals surface area (Å²) >= 11 is 6.38. The van der Waals surface area contributed by atoms with Gasteiger partial charge in [-0.25, -0.2) is 0 Å². The first-order valence-corrected chi connectivity index (χ1v) is 9.15. The molecular weight excluding hydrogens is 392 g/mol. The highest BCUT2D eigenvalue weighted by molar-refractivity contribution is 6.35. The second kappa shape index (κ2) is 9.23. The molecule has 0 aliphatic heterocycles. The summed E-state index contributed by atoms with van der Waals surface area (Å²) in [5.74, 6) is -0.283. The molecule has 0 bridgehead atoms. The number of methoxy groups -OCH3 is 1. The lowest BCUT2D eigenvalue weighted by molar-refractivity contribution is -0.118. The predicted octanol–water partition coefficient (Wildman–Crippen LogP) is 4.25. The number of aliphatic hydroxyl groups is 1. The van der Waals surface area contributed by atoms with Gasteiger partial charge in [0.25, 0.3) is 0 Å². The Morgan fingerprint density at radius 3 is 2.34 bits per heavy atom. The molecule has 6 nitrogen and oxygen atoms in total. The smallest absolute Gasteiger partial charge is 0.250 e. The normalized spacial score (nSPS) is 10.3. The largest absolute Gasteiger partial charge is 0.496 e. The van der Waals surface area contributed by atoms with Crippen molar-refractivity contribution < 1.29 is 19.4 Å². The Kier molecular flexibility index (Phi) is 6.49. The highest BCUT2D eigenvalue weighted by Crippen LogP contribution is 2.30. The van der Waals surface area contributed by atoms with Gasteiger partial charge in [0.05, 0.1) is 29.1 Å². The van der Waals surface area contributed by atoms with Crippen LogP contribution in [0.2, 0.25) is 5.02 Å². The molecule has 0 aromatic heterocycles. The monoisotopic (exact) mass is 410 g/mol. The Bertz CT molecular complexity index is 1050. The first-order chi connectivity index (χ1) is 14.0. The Balaban J connectivity index is 1.86. The van der Waals surface area contributed by atoms with E-state index in [1.165, 1.54) is 7.11 Å². The number of aliphatic hydroxyl groups excluding tert-OH is 1. The van der Waals surface area contributed by atoms with Crippen LogP contribution in [-0.2, 0) is 4.79 Å². The molecule has 0 radical (unpaired) electrons. The minimum atomic E-state index is -0.611. The van der Waals surface area contributed by atoms with Crippen LogP contribution in [0.3, 0.4) is 0 Å². The van der Waals surface area contributed by atoms with E-state index >= 15 is 0 Å². The lowest BCUT2D eigenvalue weighted by Crippen LogP contribution is -2.16. The molecule has 0 fully saturated rings. The van der Waals surface area contributed by atoms with Crippen molar-refractivity contribution in [2.75, 3.05) is 24.4 Å². The summed E-state index contributed by atoms with van der Waals surface area (Å²) in [6.45, 7) is -0.611. The highest BCUT2D eigenvalue weighted by atomic mass is 35.5. The SMILES string of the molecule is COc1ccccc1C(=O)c1ccc(Nc2ccccc2NC(=O)CO)cc1Cl. The minimum absolute atomic E-state index is 0.241. The summed E-state index contributed by atoms with van der Waals surface area (Å²) in [6, 6.07) is 19.0. The second-order valence-corrected chi connectivity index (χ2v) is 6.51. The zero-order valence-electron chi connectivity index (χ0n) is 15.6. The molecule has 3 N–H and O–H groups in total. The third-order valence-electron chi connectivity index (χ3n) is 4.19. The van der Waals surface area contributed by atoms with Crippen molar-refractivity contribution in [3.05, 3.63) is 82.9 Å². The number of para-hydroxylation sites is 3. The summed E-state index contributed by atoms with van der Waals surface area (Å²) < 4.78 is 5.26. The molecule has 148 valence electrons. The first-order valence-electron chi connectivity index (χ1n) is 8.77. The third kappa shape index (κ3) is 4.74. The van der Waals surface area contributed by atoms with Gasteiger partial charge in [-0.1, -0.05) is 35.9 Å². The molecule has 29 heavy (non-hydrogen) atoms. The van der Waals surface area contributed by atoms with Gasteiger partial charge < -0.3 is 20.5 Å². The van der Waals surface area contributed by atoms with Crippen molar-refractivity contribution in [2.45, 2.75) is 0 Å². The zero-order chi connectivity index (χ0) is 20.8. The number of carbonyl (C=O) groups excluding carboxylic acids is 2. The van der Waals surface area contributed by atoms with E-state index in [-0.39, 0.29) is 10.8 Å². The number of rotatable bonds is 7. The van der Waals surface area contributed by atoms with Gasteiger partial charge in [0.15, 0.2) is 5.78 Å². The topological polar surface area (TPSA) is 87.7 Å². The lowest BCUT2D eigenvalue weighted by Gasteiger charge is -2.14. The standard InChI is InChI=1S/C22H19ClN2O4/c1-29-20-9-5-2-6-16(20)22(28)15-11-10-14(12-17(15)23)24-18-7-3-4-8-19(18)25-21(27)13-26/h2-12,24,26H,13H2,1H3,(H,25,27). The van der Waals surface area contributed by atoms with Crippen molar-refractivity contribution in [3.63, 3.8) is 0 Å². The maximum atomic E-state index is 12.9. The number of halogens is 1. The molecule has 1 amide bonds.